The van der Waals surface area contributed by atoms with E-state index in [-0.39, 0.29) is 0 Å². The van der Waals surface area contributed by atoms with Gasteiger partial charge < -0.3 is 10.3 Å². The van der Waals surface area contributed by atoms with Crippen LogP contribution < -0.4 is 5.73 Å². The number of nitrogens with two attached hydrogens (primary N) is 1. The smallest absolute Gasteiger partial charge is 0.247 e. The Labute approximate surface area is 98.3 Å². The maximum absolute atomic E-state index is 6.24. The highest BCUT2D eigenvalue weighted by atomic mass is 16.5. The van der Waals surface area contributed by atoms with Crippen LogP contribution in [0, 0.1) is 0 Å². The van der Waals surface area contributed by atoms with Crippen LogP contribution >= 0.6 is 0 Å². The Balaban J connectivity index is 1.93. The number of hydrogen-bond donors (Lipinski definition) is 1. The molecule has 6 heteroatoms. The van der Waals surface area contributed by atoms with Gasteiger partial charge in [0.05, 0.1) is 5.54 Å². The Morgan fingerprint density at radius 1 is 1.29 bits per heavy atom. The van der Waals surface area contributed by atoms with Crippen LogP contribution in [0.5, 0.6) is 0 Å². The van der Waals surface area contributed by atoms with Crippen molar-refractivity contribution in [3.8, 4) is 11.5 Å². The van der Waals surface area contributed by atoms with Crippen LogP contribution in [0.25, 0.3) is 11.5 Å². The lowest BCUT2D eigenvalue weighted by Gasteiger charge is -2.17. The molecular formula is C11H13N5O. The van der Waals surface area contributed by atoms with Crippen LogP contribution in [0.15, 0.2) is 23.1 Å². The molecule has 2 aromatic rings. The van der Waals surface area contributed by atoms with E-state index < -0.39 is 5.54 Å². The normalized spacial score (nSPS) is 18.4. The number of rotatable bonds is 2. The van der Waals surface area contributed by atoms with E-state index in [1.54, 1.807) is 12.3 Å². The molecule has 0 saturated heterocycles. The molecule has 0 bridgehead atoms. The fourth-order valence-corrected chi connectivity index (χ4v) is 2.17. The molecule has 1 aliphatic carbocycles. The summed E-state index contributed by atoms with van der Waals surface area (Å²) in [6.45, 7) is 0. The zero-order valence-corrected chi connectivity index (χ0v) is 9.33. The summed E-state index contributed by atoms with van der Waals surface area (Å²) in [7, 11) is 0. The largest absolute Gasteiger partial charge is 0.337 e. The van der Waals surface area contributed by atoms with Gasteiger partial charge in [-0.25, -0.2) is 9.97 Å². The second kappa shape index (κ2) is 3.89. The molecule has 3 rings (SSSR count). The molecule has 0 unspecified atom stereocenters. The van der Waals surface area contributed by atoms with E-state index in [0.717, 1.165) is 25.7 Å². The van der Waals surface area contributed by atoms with E-state index in [2.05, 4.69) is 20.1 Å². The Morgan fingerprint density at radius 2 is 2.12 bits per heavy atom. The molecule has 88 valence electrons. The highest BCUT2D eigenvalue weighted by molar-refractivity contribution is 5.46. The van der Waals surface area contributed by atoms with Crippen molar-refractivity contribution in [1.29, 1.82) is 0 Å². The lowest BCUT2D eigenvalue weighted by atomic mass is 9.99. The molecule has 0 aliphatic heterocycles. The molecule has 0 amide bonds. The first kappa shape index (κ1) is 10.3. The molecule has 17 heavy (non-hydrogen) atoms. The van der Waals surface area contributed by atoms with Gasteiger partial charge in [0.25, 0.3) is 0 Å². The predicted molar refractivity (Wildman–Crippen MR) is 59.7 cm³/mol. The summed E-state index contributed by atoms with van der Waals surface area (Å²) in [5, 5.41) is 3.92. The monoisotopic (exact) mass is 231 g/mol. The van der Waals surface area contributed by atoms with Crippen LogP contribution in [0.3, 0.4) is 0 Å². The van der Waals surface area contributed by atoms with Crippen molar-refractivity contribution in [2.75, 3.05) is 0 Å². The van der Waals surface area contributed by atoms with E-state index >= 15 is 0 Å². The predicted octanol–water partition coefficient (Wildman–Crippen LogP) is 1.25. The maximum Gasteiger partial charge on any atom is 0.247 e. The molecule has 2 N–H and O–H groups in total. The van der Waals surface area contributed by atoms with Crippen LogP contribution in [-0.2, 0) is 5.54 Å². The highest BCUT2D eigenvalue weighted by Gasteiger charge is 2.36. The van der Waals surface area contributed by atoms with Crippen molar-refractivity contribution in [3.05, 3.63) is 24.5 Å². The Morgan fingerprint density at radius 3 is 2.82 bits per heavy atom. The summed E-state index contributed by atoms with van der Waals surface area (Å²) < 4.78 is 5.26. The molecule has 2 heterocycles. The lowest BCUT2D eigenvalue weighted by Crippen LogP contribution is -2.33. The fraction of sp³-hybridized carbons (Fsp3) is 0.455. The third-order valence-electron chi connectivity index (χ3n) is 3.16. The van der Waals surface area contributed by atoms with E-state index in [4.69, 9.17) is 10.3 Å². The van der Waals surface area contributed by atoms with Gasteiger partial charge in [-0.15, -0.1) is 0 Å². The zero-order chi connectivity index (χ0) is 11.7. The molecule has 0 spiro atoms. The second-order valence-electron chi connectivity index (χ2n) is 4.38. The third-order valence-corrected chi connectivity index (χ3v) is 3.16. The summed E-state index contributed by atoms with van der Waals surface area (Å²) >= 11 is 0. The van der Waals surface area contributed by atoms with Gasteiger partial charge in [-0.2, -0.15) is 4.98 Å². The Bertz CT molecular complexity index is 504. The minimum Gasteiger partial charge on any atom is -0.337 e. The van der Waals surface area contributed by atoms with E-state index in [0.29, 0.717) is 17.4 Å². The Hall–Kier alpha value is -1.82. The van der Waals surface area contributed by atoms with Gasteiger partial charge in [-0.1, -0.05) is 18.0 Å². The molecule has 2 aromatic heterocycles. The van der Waals surface area contributed by atoms with E-state index in [1.165, 1.54) is 6.33 Å². The quantitative estimate of drug-likeness (QED) is 0.836. The highest BCUT2D eigenvalue weighted by Crippen LogP contribution is 2.35. The molecule has 0 aromatic carbocycles. The molecule has 1 saturated carbocycles. The first-order valence-corrected chi connectivity index (χ1v) is 5.67. The van der Waals surface area contributed by atoms with Crippen molar-refractivity contribution in [1.82, 2.24) is 20.1 Å². The van der Waals surface area contributed by atoms with Crippen molar-refractivity contribution in [3.63, 3.8) is 0 Å². The van der Waals surface area contributed by atoms with Gasteiger partial charge in [0.15, 0.2) is 0 Å². The average Bonchev–Trinajstić information content (AvgIpc) is 2.99. The third kappa shape index (κ3) is 1.80. The molecule has 1 aliphatic rings. The fourth-order valence-electron chi connectivity index (χ4n) is 2.17. The van der Waals surface area contributed by atoms with Gasteiger partial charge in [0, 0.05) is 6.20 Å². The molecule has 0 radical (unpaired) electrons. The van der Waals surface area contributed by atoms with E-state index in [1.807, 2.05) is 0 Å². The Kier molecular flexibility index (Phi) is 2.36. The van der Waals surface area contributed by atoms with Crippen LogP contribution in [0.1, 0.15) is 31.6 Å². The van der Waals surface area contributed by atoms with Crippen molar-refractivity contribution < 1.29 is 4.52 Å². The van der Waals surface area contributed by atoms with E-state index in [9.17, 15) is 0 Å². The van der Waals surface area contributed by atoms with Crippen molar-refractivity contribution >= 4 is 0 Å². The van der Waals surface area contributed by atoms with Crippen LogP contribution in [0.2, 0.25) is 0 Å². The summed E-state index contributed by atoms with van der Waals surface area (Å²) in [5.41, 5.74) is 6.45. The topological polar surface area (TPSA) is 90.7 Å². The maximum atomic E-state index is 6.24. The zero-order valence-electron chi connectivity index (χ0n) is 9.33. The van der Waals surface area contributed by atoms with Crippen molar-refractivity contribution in [2.45, 2.75) is 31.2 Å². The molecule has 1 fully saturated rings. The summed E-state index contributed by atoms with van der Waals surface area (Å²) in [6, 6.07) is 1.74. The summed E-state index contributed by atoms with van der Waals surface area (Å²) in [5.74, 6) is 0.989. The van der Waals surface area contributed by atoms with Gasteiger partial charge in [-0.05, 0) is 18.9 Å². The van der Waals surface area contributed by atoms with Crippen LogP contribution in [-0.4, -0.2) is 20.1 Å². The average molecular weight is 231 g/mol. The van der Waals surface area contributed by atoms with Crippen LogP contribution in [0.4, 0.5) is 0 Å². The molecule has 0 atom stereocenters. The van der Waals surface area contributed by atoms with Gasteiger partial charge >= 0.3 is 0 Å². The number of nitrogens with zero attached hydrogens (tertiary/aromatic N) is 4. The number of hydrogen-bond acceptors (Lipinski definition) is 6. The summed E-state index contributed by atoms with van der Waals surface area (Å²) in [6.07, 6.45) is 7.13. The van der Waals surface area contributed by atoms with Crippen molar-refractivity contribution in [2.24, 2.45) is 5.73 Å². The SMILES string of the molecule is NC1(c2nc(-c3ccncn3)no2)CCCC1. The second-order valence-corrected chi connectivity index (χ2v) is 4.38. The van der Waals surface area contributed by atoms with Gasteiger partial charge in [-0.3, -0.25) is 0 Å². The summed E-state index contributed by atoms with van der Waals surface area (Å²) in [4.78, 5) is 12.3. The first-order chi connectivity index (χ1) is 8.28. The number of aromatic nitrogens is 4. The van der Waals surface area contributed by atoms with Gasteiger partial charge in [0.1, 0.15) is 12.0 Å². The lowest BCUT2D eigenvalue weighted by molar-refractivity contribution is 0.285. The standard InChI is InChI=1S/C11H13N5O/c12-11(4-1-2-5-11)10-15-9(16-17-10)8-3-6-13-7-14-8/h3,6-7H,1-2,4-5,12H2. The first-order valence-electron chi connectivity index (χ1n) is 5.67. The minimum atomic E-state index is -0.446. The molecular weight excluding hydrogens is 218 g/mol. The molecule has 6 nitrogen and oxygen atoms in total. The van der Waals surface area contributed by atoms with Gasteiger partial charge in [0.2, 0.25) is 11.7 Å². The minimum absolute atomic E-state index is 0.446.